The van der Waals surface area contributed by atoms with E-state index in [2.05, 4.69) is 65.2 Å². The van der Waals surface area contributed by atoms with Crippen molar-refractivity contribution in [2.24, 2.45) is 0 Å². The molecule has 0 spiro atoms. The van der Waals surface area contributed by atoms with Gasteiger partial charge in [0.05, 0.1) is 28.4 Å². The van der Waals surface area contributed by atoms with Crippen LogP contribution in [0.15, 0.2) is 91.3 Å². The number of fused-ring (bicyclic) bond motifs is 2. The van der Waals surface area contributed by atoms with Gasteiger partial charge in [-0.05, 0) is 59.9 Å². The average Bonchev–Trinajstić information content (AvgIpc) is 3.64. The first kappa shape index (κ1) is 29.2. The number of unbranched alkanes of at least 4 members (excludes halogenated alkanes) is 1. The molecule has 2 heterocycles. The second-order valence-corrected chi connectivity index (χ2v) is 11.3. The van der Waals surface area contributed by atoms with Crippen LogP contribution in [0.3, 0.4) is 0 Å². The summed E-state index contributed by atoms with van der Waals surface area (Å²) in [4.78, 5) is 21.6. The van der Waals surface area contributed by atoms with Crippen LogP contribution in [0.1, 0.15) is 73.1 Å². The Morgan fingerprint density at radius 3 is 2.48 bits per heavy atom. The van der Waals surface area contributed by atoms with Crippen LogP contribution in [0.25, 0.3) is 33.2 Å². The van der Waals surface area contributed by atoms with E-state index >= 15 is 0 Å². The van der Waals surface area contributed by atoms with Crippen LogP contribution in [0, 0.1) is 6.92 Å². The lowest BCUT2D eigenvalue weighted by Crippen LogP contribution is -2.16. The number of benzene rings is 4. The van der Waals surface area contributed by atoms with Gasteiger partial charge in [-0.3, -0.25) is 4.57 Å². The van der Waals surface area contributed by atoms with Crippen LogP contribution in [0.5, 0.6) is 5.75 Å². The first-order valence-electron chi connectivity index (χ1n) is 15.5. The van der Waals surface area contributed by atoms with Crippen LogP contribution in [0.4, 0.5) is 0 Å². The fourth-order valence-corrected chi connectivity index (χ4v) is 5.92. The van der Waals surface area contributed by atoms with E-state index in [4.69, 9.17) is 9.72 Å². The van der Waals surface area contributed by atoms with E-state index in [0.717, 1.165) is 82.4 Å². The summed E-state index contributed by atoms with van der Waals surface area (Å²) >= 11 is 0. The fraction of sp³-hybridized carbons (Fsp3) is 0.270. The number of rotatable bonds is 12. The zero-order chi connectivity index (χ0) is 30.6. The molecule has 7 nitrogen and oxygen atoms in total. The van der Waals surface area contributed by atoms with Crippen LogP contribution in [0.2, 0.25) is 0 Å². The Morgan fingerprint density at radius 1 is 0.932 bits per heavy atom. The highest BCUT2D eigenvalue weighted by Gasteiger charge is 2.22. The Morgan fingerprint density at radius 2 is 1.70 bits per heavy atom. The number of ether oxygens (including phenoxy) is 1. The Bertz CT molecular complexity index is 1920. The molecule has 0 aliphatic rings. The first-order chi connectivity index (χ1) is 21.5. The Balaban J connectivity index is 1.40. The van der Waals surface area contributed by atoms with Crippen molar-refractivity contribution < 1.29 is 14.6 Å². The number of carbonyl (C=O) groups is 1. The van der Waals surface area contributed by atoms with Crippen molar-refractivity contribution in [1.29, 1.82) is 0 Å². The topological polar surface area (TPSA) is 82.2 Å². The molecular formula is C37H38N4O3. The molecule has 4 aromatic carbocycles. The minimum atomic E-state index is -0.928. The van der Waals surface area contributed by atoms with E-state index in [9.17, 15) is 9.90 Å². The maximum Gasteiger partial charge on any atom is 0.336 e. The molecule has 0 aliphatic heterocycles. The van der Waals surface area contributed by atoms with Gasteiger partial charge in [0.25, 0.3) is 0 Å². The number of carboxylic acid groups (broad SMARTS) is 1. The second-order valence-electron chi connectivity index (χ2n) is 11.3. The van der Waals surface area contributed by atoms with Gasteiger partial charge in [-0.1, -0.05) is 87.4 Å². The molecule has 44 heavy (non-hydrogen) atoms. The molecule has 0 saturated heterocycles. The highest BCUT2D eigenvalue weighted by molar-refractivity contribution is 5.96. The maximum absolute atomic E-state index is 11.8. The van der Waals surface area contributed by atoms with Crippen molar-refractivity contribution in [1.82, 2.24) is 19.1 Å². The zero-order valence-corrected chi connectivity index (χ0v) is 25.5. The van der Waals surface area contributed by atoms with Gasteiger partial charge in [0.2, 0.25) is 0 Å². The molecule has 2 aromatic heterocycles. The third-order valence-electron chi connectivity index (χ3n) is 8.25. The first-order valence-corrected chi connectivity index (χ1v) is 15.5. The van der Waals surface area contributed by atoms with E-state index in [1.165, 1.54) is 0 Å². The summed E-state index contributed by atoms with van der Waals surface area (Å²) in [7, 11) is 0. The van der Waals surface area contributed by atoms with Crippen molar-refractivity contribution in [3.8, 4) is 16.9 Å². The molecule has 0 radical (unpaired) electrons. The molecule has 1 unspecified atom stereocenters. The highest BCUT2D eigenvalue weighted by atomic mass is 16.5. The Labute approximate surface area is 257 Å². The van der Waals surface area contributed by atoms with Crippen LogP contribution < -0.4 is 4.74 Å². The average molecular weight is 587 g/mol. The van der Waals surface area contributed by atoms with E-state index in [0.29, 0.717) is 17.7 Å². The molecule has 0 fully saturated rings. The summed E-state index contributed by atoms with van der Waals surface area (Å²) in [6.45, 7) is 7.11. The Hall–Kier alpha value is -4.91. The monoisotopic (exact) mass is 586 g/mol. The third kappa shape index (κ3) is 5.70. The quantitative estimate of drug-likeness (QED) is 0.155. The van der Waals surface area contributed by atoms with E-state index in [-0.39, 0.29) is 6.23 Å². The number of carboxylic acids is 1. The summed E-state index contributed by atoms with van der Waals surface area (Å²) in [5, 5.41) is 9.68. The van der Waals surface area contributed by atoms with Gasteiger partial charge < -0.3 is 14.4 Å². The molecule has 0 bridgehead atoms. The summed E-state index contributed by atoms with van der Waals surface area (Å²) in [5.74, 6) is 0.925. The summed E-state index contributed by atoms with van der Waals surface area (Å²) in [5.41, 5.74) is 8.08. The molecule has 6 rings (SSSR count). The van der Waals surface area contributed by atoms with Gasteiger partial charge in [-0.15, -0.1) is 0 Å². The lowest BCUT2D eigenvalue weighted by molar-refractivity contribution is 0.0697. The SMILES string of the molecule is CCCCc1nc2c(C)ccc(OC(CCC)n3cnc4ccccc43)c2n1Cc1ccc(-c2ccccc2C(=O)O)cc1. The van der Waals surface area contributed by atoms with Crippen LogP contribution in [-0.2, 0) is 13.0 Å². The van der Waals surface area contributed by atoms with Gasteiger partial charge >= 0.3 is 5.97 Å². The van der Waals surface area contributed by atoms with Gasteiger partial charge in [0, 0.05) is 19.4 Å². The van der Waals surface area contributed by atoms with Crippen molar-refractivity contribution in [2.45, 2.75) is 65.6 Å². The maximum atomic E-state index is 11.8. The number of aromatic carboxylic acids is 1. The number of aryl methyl sites for hydroxylation is 2. The molecule has 6 aromatic rings. The predicted molar refractivity (Wildman–Crippen MR) is 175 cm³/mol. The van der Waals surface area contributed by atoms with Crippen molar-refractivity contribution in [3.05, 3.63) is 114 Å². The number of aromatic nitrogens is 4. The van der Waals surface area contributed by atoms with Crippen molar-refractivity contribution in [2.75, 3.05) is 0 Å². The molecular weight excluding hydrogens is 548 g/mol. The number of nitrogens with zero attached hydrogens (tertiary/aromatic N) is 4. The van der Waals surface area contributed by atoms with Crippen molar-refractivity contribution >= 4 is 28.0 Å². The number of imidazole rings is 2. The number of hydrogen-bond donors (Lipinski definition) is 1. The summed E-state index contributed by atoms with van der Waals surface area (Å²) in [6, 6.07) is 27.6. The minimum Gasteiger partial charge on any atom is -0.478 e. The number of para-hydroxylation sites is 2. The lowest BCUT2D eigenvalue weighted by atomic mass is 9.98. The van der Waals surface area contributed by atoms with Crippen LogP contribution >= 0.6 is 0 Å². The molecule has 0 aliphatic carbocycles. The Kier molecular flexibility index (Phi) is 8.46. The minimum absolute atomic E-state index is 0.214. The number of hydrogen-bond acceptors (Lipinski definition) is 4. The summed E-state index contributed by atoms with van der Waals surface area (Å²) in [6.07, 6.45) is 6.46. The summed E-state index contributed by atoms with van der Waals surface area (Å²) < 4.78 is 11.3. The smallest absolute Gasteiger partial charge is 0.336 e. The predicted octanol–water partition coefficient (Wildman–Crippen LogP) is 8.83. The largest absolute Gasteiger partial charge is 0.478 e. The molecule has 224 valence electrons. The standard InChI is InChI=1S/C37H38N4O3/c1-4-6-16-33-39-35-25(3)17-22-32(44-34(11-5-2)41-24-38-30-14-9-10-15-31(30)41)36(35)40(33)23-26-18-20-27(21-19-26)28-12-7-8-13-29(28)37(42)43/h7-10,12-15,17-22,24,34H,4-6,11,16,23H2,1-3H3,(H,42,43). The molecule has 0 saturated carbocycles. The third-order valence-corrected chi connectivity index (χ3v) is 8.25. The highest BCUT2D eigenvalue weighted by Crippen LogP contribution is 2.35. The van der Waals surface area contributed by atoms with E-state index in [1.807, 2.05) is 48.8 Å². The molecule has 0 amide bonds. The molecule has 1 atom stereocenters. The fourth-order valence-electron chi connectivity index (χ4n) is 5.92. The van der Waals surface area contributed by atoms with Gasteiger partial charge in [-0.25, -0.2) is 14.8 Å². The van der Waals surface area contributed by atoms with Crippen LogP contribution in [-0.4, -0.2) is 30.2 Å². The van der Waals surface area contributed by atoms with Gasteiger partial charge in [-0.2, -0.15) is 0 Å². The zero-order valence-electron chi connectivity index (χ0n) is 25.5. The lowest BCUT2D eigenvalue weighted by Gasteiger charge is -2.22. The van der Waals surface area contributed by atoms with E-state index in [1.54, 1.807) is 12.1 Å². The second kappa shape index (κ2) is 12.8. The van der Waals surface area contributed by atoms with Crippen molar-refractivity contribution in [3.63, 3.8) is 0 Å². The molecule has 7 heteroatoms. The van der Waals surface area contributed by atoms with Gasteiger partial charge in [0.15, 0.2) is 6.23 Å². The van der Waals surface area contributed by atoms with E-state index < -0.39 is 5.97 Å². The molecule has 1 N–H and O–H groups in total. The van der Waals surface area contributed by atoms with Gasteiger partial charge in [0.1, 0.15) is 17.1 Å². The normalized spacial score (nSPS) is 12.2.